The maximum Gasteiger partial charge on any atom is 0.401 e. The number of likely N-dealkylation sites (tertiary alicyclic amines) is 1. The van der Waals surface area contributed by atoms with Gasteiger partial charge in [-0.25, -0.2) is 0 Å². The van der Waals surface area contributed by atoms with Crippen LogP contribution < -0.4 is 5.32 Å². The van der Waals surface area contributed by atoms with Gasteiger partial charge in [0.15, 0.2) is 0 Å². The van der Waals surface area contributed by atoms with E-state index in [9.17, 15) is 13.2 Å². The number of nitrogens with one attached hydrogen (secondary N) is 1. The van der Waals surface area contributed by atoms with Crippen molar-refractivity contribution >= 4 is 16.5 Å². The van der Waals surface area contributed by atoms with Crippen molar-refractivity contribution in [1.29, 1.82) is 5.26 Å². The van der Waals surface area contributed by atoms with Gasteiger partial charge in [-0.15, -0.1) is 0 Å². The minimum absolute atomic E-state index is 0.172. The Kier molecular flexibility index (Phi) is 4.50. The summed E-state index contributed by atoms with van der Waals surface area (Å²) >= 11 is 1.22. The van der Waals surface area contributed by atoms with Gasteiger partial charge in [-0.1, -0.05) is 0 Å². The maximum atomic E-state index is 12.3. The quantitative estimate of drug-likeness (QED) is 0.929. The van der Waals surface area contributed by atoms with Crippen molar-refractivity contribution in [3.63, 3.8) is 0 Å². The number of rotatable bonds is 4. The summed E-state index contributed by atoms with van der Waals surface area (Å²) in [4.78, 5) is 1.43. The molecule has 20 heavy (non-hydrogen) atoms. The molecule has 0 saturated carbocycles. The smallest absolute Gasteiger partial charge is 0.374 e. The lowest BCUT2D eigenvalue weighted by molar-refractivity contribution is -0.143. The molecule has 1 atom stereocenters. The molecule has 2 rings (SSSR count). The van der Waals surface area contributed by atoms with Gasteiger partial charge in [-0.05, 0) is 37.3 Å². The van der Waals surface area contributed by atoms with E-state index in [1.165, 1.54) is 16.4 Å². The van der Waals surface area contributed by atoms with Crippen LogP contribution in [0.25, 0.3) is 0 Å². The summed E-state index contributed by atoms with van der Waals surface area (Å²) in [6.45, 7) is 2.41. The summed E-state index contributed by atoms with van der Waals surface area (Å²) in [6, 6.07) is 2.09. The number of halogens is 3. The monoisotopic (exact) mass is 304 g/mol. The van der Waals surface area contributed by atoms with Crippen molar-refractivity contribution in [1.82, 2.24) is 9.27 Å². The minimum Gasteiger partial charge on any atom is -0.374 e. The Bertz CT molecular complexity index is 506. The molecule has 0 amide bonds. The van der Waals surface area contributed by atoms with E-state index in [1.807, 2.05) is 0 Å². The van der Waals surface area contributed by atoms with Crippen LogP contribution in [0.3, 0.4) is 0 Å². The first kappa shape index (κ1) is 15.1. The first-order valence-electron chi connectivity index (χ1n) is 6.28. The lowest BCUT2D eigenvalue weighted by Crippen LogP contribution is -2.33. The van der Waals surface area contributed by atoms with Gasteiger partial charge >= 0.3 is 6.18 Å². The van der Waals surface area contributed by atoms with E-state index in [1.54, 1.807) is 6.92 Å². The van der Waals surface area contributed by atoms with Gasteiger partial charge in [-0.3, -0.25) is 4.90 Å². The predicted octanol–water partition coefficient (Wildman–Crippen LogP) is 2.62. The van der Waals surface area contributed by atoms with Gasteiger partial charge in [0.1, 0.15) is 16.6 Å². The zero-order valence-electron chi connectivity index (χ0n) is 11.0. The normalized spacial score (nSPS) is 20.1. The molecule has 1 aromatic heterocycles. The number of alkyl halides is 3. The largest absolute Gasteiger partial charge is 0.401 e. The van der Waals surface area contributed by atoms with Crippen LogP contribution in [0.4, 0.5) is 18.2 Å². The van der Waals surface area contributed by atoms with Crippen molar-refractivity contribution in [3.8, 4) is 6.07 Å². The Morgan fingerprint density at radius 1 is 1.55 bits per heavy atom. The van der Waals surface area contributed by atoms with Crippen molar-refractivity contribution in [2.24, 2.45) is 5.92 Å². The number of hydrogen-bond donors (Lipinski definition) is 1. The Labute approximate surface area is 119 Å². The fraction of sp³-hybridized carbons (Fsp3) is 0.667. The molecule has 0 aromatic carbocycles. The molecule has 0 spiro atoms. The number of aromatic nitrogens is 1. The summed E-state index contributed by atoms with van der Waals surface area (Å²) in [7, 11) is 0. The molecule has 1 N–H and O–H groups in total. The van der Waals surface area contributed by atoms with E-state index < -0.39 is 12.7 Å². The average molecular weight is 304 g/mol. The van der Waals surface area contributed by atoms with Gasteiger partial charge in [0.2, 0.25) is 0 Å². The number of nitriles is 1. The molecular formula is C12H15F3N4S. The summed E-state index contributed by atoms with van der Waals surface area (Å²) < 4.78 is 41.0. The number of aryl methyl sites for hydroxylation is 1. The second kappa shape index (κ2) is 5.97. The molecule has 2 heterocycles. The Balaban J connectivity index is 1.83. The molecular weight excluding hydrogens is 289 g/mol. The summed E-state index contributed by atoms with van der Waals surface area (Å²) in [5.41, 5.74) is 1.21. The van der Waals surface area contributed by atoms with E-state index >= 15 is 0 Å². The highest BCUT2D eigenvalue weighted by Crippen LogP contribution is 2.26. The van der Waals surface area contributed by atoms with Crippen LogP contribution in [-0.2, 0) is 0 Å². The molecule has 0 bridgehead atoms. The number of nitrogens with zero attached hydrogens (tertiary/aromatic N) is 3. The molecule has 1 aliphatic heterocycles. The van der Waals surface area contributed by atoms with Crippen LogP contribution in [0, 0.1) is 24.2 Å². The van der Waals surface area contributed by atoms with E-state index in [0.29, 0.717) is 35.9 Å². The van der Waals surface area contributed by atoms with Crippen LogP contribution >= 0.6 is 11.5 Å². The molecule has 1 aliphatic rings. The van der Waals surface area contributed by atoms with Crippen LogP contribution in [0.15, 0.2) is 0 Å². The molecule has 0 radical (unpaired) electrons. The van der Waals surface area contributed by atoms with E-state index in [-0.39, 0.29) is 5.92 Å². The zero-order valence-corrected chi connectivity index (χ0v) is 11.8. The third-order valence-electron chi connectivity index (χ3n) is 3.30. The van der Waals surface area contributed by atoms with Crippen LogP contribution in [0.5, 0.6) is 0 Å². The van der Waals surface area contributed by atoms with Crippen LogP contribution in [0.2, 0.25) is 0 Å². The van der Waals surface area contributed by atoms with Crippen LogP contribution in [0.1, 0.15) is 17.7 Å². The summed E-state index contributed by atoms with van der Waals surface area (Å²) in [6.07, 6.45) is -3.40. The van der Waals surface area contributed by atoms with Crippen molar-refractivity contribution in [2.45, 2.75) is 19.5 Å². The first-order chi connectivity index (χ1) is 9.39. The molecule has 0 aliphatic carbocycles. The second-order valence-electron chi connectivity index (χ2n) is 4.97. The third kappa shape index (κ3) is 3.84. The molecule has 1 unspecified atom stereocenters. The topological polar surface area (TPSA) is 52.0 Å². The minimum atomic E-state index is -4.13. The van der Waals surface area contributed by atoms with Crippen molar-refractivity contribution in [3.05, 3.63) is 11.3 Å². The molecule has 1 aromatic rings. The van der Waals surface area contributed by atoms with Gasteiger partial charge in [-0.2, -0.15) is 22.8 Å². The predicted molar refractivity (Wildman–Crippen MR) is 70.7 cm³/mol. The highest BCUT2D eigenvalue weighted by molar-refractivity contribution is 7.10. The zero-order chi connectivity index (χ0) is 14.8. The van der Waals surface area contributed by atoms with E-state index in [4.69, 9.17) is 5.26 Å². The molecule has 1 fully saturated rings. The standard InChI is InChI=1S/C12H15F3N4S/c1-8-10(4-16)11(20-18-8)17-5-9-2-3-19(6-9)7-12(13,14)15/h9,17H,2-3,5-7H2,1H3. The molecule has 4 nitrogen and oxygen atoms in total. The Hall–Kier alpha value is -1.33. The fourth-order valence-electron chi connectivity index (χ4n) is 2.34. The maximum absolute atomic E-state index is 12.3. The second-order valence-corrected chi connectivity index (χ2v) is 5.74. The summed E-state index contributed by atoms with van der Waals surface area (Å²) in [5, 5.41) is 12.8. The molecule has 110 valence electrons. The van der Waals surface area contributed by atoms with E-state index in [0.717, 1.165) is 6.42 Å². The van der Waals surface area contributed by atoms with Crippen LogP contribution in [-0.4, -0.2) is 41.6 Å². The van der Waals surface area contributed by atoms with Gasteiger partial charge < -0.3 is 5.32 Å². The van der Waals surface area contributed by atoms with Gasteiger partial charge in [0.25, 0.3) is 0 Å². The fourth-order valence-corrected chi connectivity index (χ4v) is 3.09. The van der Waals surface area contributed by atoms with Gasteiger partial charge in [0, 0.05) is 13.1 Å². The Morgan fingerprint density at radius 3 is 2.95 bits per heavy atom. The van der Waals surface area contributed by atoms with Crippen molar-refractivity contribution < 1.29 is 13.2 Å². The SMILES string of the molecule is Cc1nsc(NCC2CCN(CC(F)(F)F)C2)c1C#N. The third-order valence-corrected chi connectivity index (χ3v) is 4.19. The van der Waals surface area contributed by atoms with Crippen molar-refractivity contribution in [2.75, 3.05) is 31.5 Å². The molecule has 8 heteroatoms. The number of anilines is 1. The molecule has 1 saturated heterocycles. The number of hydrogen-bond acceptors (Lipinski definition) is 5. The van der Waals surface area contributed by atoms with E-state index in [2.05, 4.69) is 15.8 Å². The first-order valence-corrected chi connectivity index (χ1v) is 7.05. The van der Waals surface area contributed by atoms with Gasteiger partial charge in [0.05, 0.1) is 12.2 Å². The summed E-state index contributed by atoms with van der Waals surface area (Å²) in [5.74, 6) is 0.172. The highest BCUT2D eigenvalue weighted by Gasteiger charge is 2.34. The highest BCUT2D eigenvalue weighted by atomic mass is 32.1. The Morgan fingerprint density at radius 2 is 2.30 bits per heavy atom. The lowest BCUT2D eigenvalue weighted by atomic mass is 10.1. The lowest BCUT2D eigenvalue weighted by Gasteiger charge is -2.18. The average Bonchev–Trinajstić information content (AvgIpc) is 2.91.